The lowest BCUT2D eigenvalue weighted by atomic mass is 10.0. The molecule has 1 aliphatic carbocycles. The van der Waals surface area contributed by atoms with Crippen LogP contribution in [0.5, 0.6) is 0 Å². The minimum atomic E-state index is -0.877. The molecule has 1 unspecified atom stereocenters. The second-order valence-corrected chi connectivity index (χ2v) is 13.6. The average molecular weight is 613 g/mol. The molecule has 6 rings (SSSR count). The number of halogens is 1. The molecule has 4 heterocycles. The number of ether oxygens (including phenoxy) is 3. The first-order valence-corrected chi connectivity index (χ1v) is 15.6. The summed E-state index contributed by atoms with van der Waals surface area (Å²) in [6.45, 7) is 5.64. The van der Waals surface area contributed by atoms with Crippen molar-refractivity contribution in [1.82, 2.24) is 20.4 Å². The smallest absolute Gasteiger partial charge is 0.410 e. The second kappa shape index (κ2) is 11.7. The number of nitrogens with zero attached hydrogens (tertiary/aromatic N) is 2. The van der Waals surface area contributed by atoms with Crippen LogP contribution < -0.4 is 10.6 Å². The summed E-state index contributed by atoms with van der Waals surface area (Å²) in [5.41, 5.74) is -0.364. The normalized spacial score (nSPS) is 32.4. The van der Waals surface area contributed by atoms with Crippen LogP contribution in [0.15, 0.2) is 30.4 Å². The summed E-state index contributed by atoms with van der Waals surface area (Å²) in [6.07, 6.45) is 5.98. The Labute approximate surface area is 256 Å². The van der Waals surface area contributed by atoms with Crippen molar-refractivity contribution in [1.29, 1.82) is 0 Å². The van der Waals surface area contributed by atoms with Gasteiger partial charge in [-0.25, -0.2) is 18.8 Å². The maximum absolute atomic E-state index is 14.3. The number of nitrogens with one attached hydrogen (secondary N) is 2. The molecule has 44 heavy (non-hydrogen) atoms. The molecule has 11 nitrogen and oxygen atoms in total. The first-order chi connectivity index (χ1) is 20.9. The number of allylic oxidation sites excluding steroid dienone is 1. The van der Waals surface area contributed by atoms with Gasteiger partial charge in [-0.05, 0) is 58.1 Å². The van der Waals surface area contributed by atoms with Crippen molar-refractivity contribution in [3.05, 3.63) is 47.3 Å². The fourth-order valence-electron chi connectivity index (χ4n) is 6.79. The molecule has 2 N–H and O–H groups in total. The fourth-order valence-corrected chi connectivity index (χ4v) is 6.79. The van der Waals surface area contributed by atoms with Crippen molar-refractivity contribution in [2.24, 2.45) is 5.92 Å². The molecule has 1 aromatic rings. The summed E-state index contributed by atoms with van der Waals surface area (Å²) in [7, 11) is 0. The molecule has 2 saturated heterocycles. The van der Waals surface area contributed by atoms with Crippen molar-refractivity contribution >= 4 is 24.1 Å². The van der Waals surface area contributed by atoms with Crippen LogP contribution in [0, 0.1) is 11.7 Å². The monoisotopic (exact) mass is 612 g/mol. The predicted molar refractivity (Wildman–Crippen MR) is 155 cm³/mol. The van der Waals surface area contributed by atoms with Crippen molar-refractivity contribution in [3.63, 3.8) is 0 Å². The molecule has 4 aliphatic heterocycles. The fraction of sp³-hybridized carbons (Fsp3) is 0.625. The summed E-state index contributed by atoms with van der Waals surface area (Å²) in [5, 5.41) is 6.13. The third-order valence-electron chi connectivity index (χ3n) is 9.12. The van der Waals surface area contributed by atoms with Gasteiger partial charge >= 0.3 is 18.2 Å². The number of fused-ring (bicyclic) bond motifs is 4. The van der Waals surface area contributed by atoms with Crippen molar-refractivity contribution in [3.8, 4) is 0 Å². The number of carbonyl (C=O) groups excluding carboxylic acids is 4. The van der Waals surface area contributed by atoms with E-state index in [1.807, 2.05) is 0 Å². The Hall–Kier alpha value is -3.67. The molecule has 0 radical (unpaired) electrons. The first kappa shape index (κ1) is 30.4. The van der Waals surface area contributed by atoms with E-state index in [-0.39, 0.29) is 49.7 Å². The van der Waals surface area contributed by atoms with Gasteiger partial charge in [-0.1, -0.05) is 37.1 Å². The quantitative estimate of drug-likeness (QED) is 0.293. The van der Waals surface area contributed by atoms with Crippen LogP contribution in [-0.2, 0) is 36.9 Å². The van der Waals surface area contributed by atoms with Gasteiger partial charge in [0.05, 0.1) is 19.1 Å². The van der Waals surface area contributed by atoms with E-state index in [0.717, 1.165) is 24.8 Å². The van der Waals surface area contributed by atoms with Gasteiger partial charge in [0.1, 0.15) is 29.1 Å². The number of alkyl carbamates (subject to hydrolysis) is 1. The lowest BCUT2D eigenvalue weighted by Crippen LogP contribution is -2.55. The lowest BCUT2D eigenvalue weighted by Gasteiger charge is -2.32. The third kappa shape index (κ3) is 6.13. The number of esters is 1. The molecule has 1 spiro atoms. The Bertz CT molecular complexity index is 1360. The highest BCUT2D eigenvalue weighted by Crippen LogP contribution is 2.50. The highest BCUT2D eigenvalue weighted by molar-refractivity contribution is 5.89. The van der Waals surface area contributed by atoms with E-state index >= 15 is 0 Å². The maximum atomic E-state index is 14.3. The van der Waals surface area contributed by atoms with Crippen molar-refractivity contribution < 1.29 is 37.8 Å². The summed E-state index contributed by atoms with van der Waals surface area (Å²) < 4.78 is 31.5. The van der Waals surface area contributed by atoms with E-state index in [4.69, 9.17) is 14.2 Å². The van der Waals surface area contributed by atoms with E-state index in [0.29, 0.717) is 24.8 Å². The summed E-state index contributed by atoms with van der Waals surface area (Å²) in [6, 6.07) is 3.26. The number of carbonyl (C=O) groups is 4. The van der Waals surface area contributed by atoms with Crippen LogP contribution in [0.25, 0.3) is 0 Å². The summed E-state index contributed by atoms with van der Waals surface area (Å²) >= 11 is 0. The number of amides is 3. The van der Waals surface area contributed by atoms with Gasteiger partial charge in [-0.2, -0.15) is 0 Å². The molecule has 12 heteroatoms. The molecule has 0 aromatic heterocycles. The molecule has 1 aromatic carbocycles. The number of benzene rings is 1. The predicted octanol–water partition coefficient (Wildman–Crippen LogP) is 3.89. The molecule has 3 amide bonds. The van der Waals surface area contributed by atoms with Gasteiger partial charge in [0.25, 0.3) is 0 Å². The molecule has 6 atom stereocenters. The maximum Gasteiger partial charge on any atom is 0.410 e. The van der Waals surface area contributed by atoms with Gasteiger partial charge in [-0.3, -0.25) is 15.0 Å². The number of rotatable bonds is 2. The Balaban J connectivity index is 1.22. The Morgan fingerprint density at radius 3 is 2.75 bits per heavy atom. The zero-order chi connectivity index (χ0) is 31.2. The van der Waals surface area contributed by atoms with E-state index in [9.17, 15) is 23.6 Å². The molecule has 1 saturated carbocycles. The standard InChI is InChI=1S/C32H41FN4O7/c1-31(2,3)44-29(40)34-24-13-8-6-4-5-7-11-20-15-32(20)28(39)43-26(35-32)25-14-21(17-37(25)27(24)38)42-30(41)36-16-19-10-9-12-23(33)22(19)18-36/h7,9-12,20-21,24-26,35H,4-6,8,13-18H2,1-3H3,(H,34,40)/b11-7-/t20-,21+,24-,25-,26?,32+/m0/s1. The van der Waals surface area contributed by atoms with Crippen LogP contribution in [0.4, 0.5) is 14.0 Å². The number of hydrogen-bond donors (Lipinski definition) is 2. The van der Waals surface area contributed by atoms with Crippen LogP contribution in [-0.4, -0.2) is 76.0 Å². The van der Waals surface area contributed by atoms with E-state index in [2.05, 4.69) is 22.8 Å². The van der Waals surface area contributed by atoms with Crippen LogP contribution in [0.2, 0.25) is 0 Å². The molecule has 2 bridgehead atoms. The SMILES string of the molecule is CC(C)(C)OC(=O)N[C@H]1CCCCC/C=C\[C@H]2C[C@@]23NC(OC3=O)[C@@H]2C[C@@H](OC(=O)N3Cc4cccc(F)c4C3)CN2C1=O. The molecule has 3 fully saturated rings. The zero-order valence-corrected chi connectivity index (χ0v) is 25.5. The molecule has 238 valence electrons. The largest absolute Gasteiger partial charge is 0.444 e. The molecular formula is C32H41FN4O7. The Morgan fingerprint density at radius 1 is 1.16 bits per heavy atom. The minimum Gasteiger partial charge on any atom is -0.444 e. The van der Waals surface area contributed by atoms with Gasteiger partial charge in [0.2, 0.25) is 5.91 Å². The van der Waals surface area contributed by atoms with E-state index < -0.39 is 47.7 Å². The molecular weight excluding hydrogens is 571 g/mol. The highest BCUT2D eigenvalue weighted by Gasteiger charge is 2.66. The summed E-state index contributed by atoms with van der Waals surface area (Å²) in [5.74, 6) is -1.05. The van der Waals surface area contributed by atoms with Gasteiger partial charge < -0.3 is 24.4 Å². The highest BCUT2D eigenvalue weighted by atomic mass is 19.1. The Kier molecular flexibility index (Phi) is 8.06. The first-order valence-electron chi connectivity index (χ1n) is 15.6. The van der Waals surface area contributed by atoms with Gasteiger partial charge in [0, 0.05) is 24.4 Å². The van der Waals surface area contributed by atoms with Crippen molar-refractivity contribution in [2.75, 3.05) is 6.54 Å². The van der Waals surface area contributed by atoms with Gasteiger partial charge in [-0.15, -0.1) is 0 Å². The average Bonchev–Trinajstić information content (AvgIpc) is 3.24. The lowest BCUT2D eigenvalue weighted by molar-refractivity contribution is -0.148. The van der Waals surface area contributed by atoms with Gasteiger partial charge in [0.15, 0.2) is 6.23 Å². The molecule has 5 aliphatic rings. The second-order valence-electron chi connectivity index (χ2n) is 13.6. The van der Waals surface area contributed by atoms with Crippen LogP contribution >= 0.6 is 0 Å². The van der Waals surface area contributed by atoms with Crippen LogP contribution in [0.3, 0.4) is 0 Å². The Morgan fingerprint density at radius 2 is 1.98 bits per heavy atom. The van der Waals surface area contributed by atoms with E-state index in [1.54, 1.807) is 37.8 Å². The van der Waals surface area contributed by atoms with E-state index in [1.165, 1.54) is 11.0 Å². The zero-order valence-electron chi connectivity index (χ0n) is 25.5. The number of hydrogen-bond acceptors (Lipinski definition) is 8. The van der Waals surface area contributed by atoms with Crippen molar-refractivity contribution in [2.45, 2.75) is 114 Å². The summed E-state index contributed by atoms with van der Waals surface area (Å²) in [4.78, 5) is 56.2. The minimum absolute atomic E-state index is 0.0167. The third-order valence-corrected chi connectivity index (χ3v) is 9.12. The topological polar surface area (TPSA) is 127 Å². The van der Waals surface area contributed by atoms with Crippen LogP contribution in [0.1, 0.15) is 76.8 Å².